The van der Waals surface area contributed by atoms with Crippen molar-refractivity contribution in [2.75, 3.05) is 47.5 Å². The molecule has 2 unspecified atom stereocenters. The van der Waals surface area contributed by atoms with E-state index in [1.54, 1.807) is 0 Å². The first-order valence-corrected chi connectivity index (χ1v) is 32.1. The highest BCUT2D eigenvalue weighted by Crippen LogP contribution is 2.43. The fourth-order valence-corrected chi connectivity index (χ4v) is 8.83. The lowest BCUT2D eigenvalue weighted by atomic mass is 10.0. The summed E-state index contributed by atoms with van der Waals surface area (Å²) in [5.41, 5.74) is 0. The van der Waals surface area contributed by atoms with Gasteiger partial charge < -0.3 is 18.9 Å². The Balaban J connectivity index is 4.21. The molecule has 0 bridgehead atoms. The van der Waals surface area contributed by atoms with E-state index in [4.69, 9.17) is 18.5 Å². The summed E-state index contributed by atoms with van der Waals surface area (Å²) < 4.78 is 34.6. The van der Waals surface area contributed by atoms with Crippen LogP contribution in [0.2, 0.25) is 0 Å². The summed E-state index contributed by atoms with van der Waals surface area (Å²) in [5.74, 6) is -0.815. The Morgan fingerprint density at radius 1 is 0.421 bits per heavy atom. The zero-order valence-corrected chi connectivity index (χ0v) is 50.3. The molecule has 0 spiro atoms. The van der Waals surface area contributed by atoms with Gasteiger partial charge in [0.15, 0.2) is 6.10 Å². The molecule has 10 heteroatoms. The standard InChI is InChI=1S/C66H114NO8P/c1-6-8-10-12-14-16-18-20-22-24-26-28-30-31-32-33-34-35-37-39-41-43-45-47-49-51-53-55-57-59-66(69)75-64(63-74-76(70,71)73-61-60-67(3,4)5)62-72-65(68)58-56-54-52-50-48-46-44-42-40-38-36-29-27-25-23-21-19-17-15-13-11-9-7-2/h8,10,14,16,19-22,25-28,31-32,34-35,39,41,64H,6-7,9,11-13,15,17-18,23-24,29-30,33,36-38,40,42-63H2,1-5H3/p+1/b10-8-,16-14-,21-19-,22-20-,27-25-,28-26-,32-31-,35-34-,41-39-. The zero-order valence-electron chi connectivity index (χ0n) is 49.5. The number of allylic oxidation sites excluding steroid dienone is 18. The Bertz CT molecular complexity index is 1650. The summed E-state index contributed by atoms with van der Waals surface area (Å²) in [5, 5.41) is 0. The highest BCUT2D eigenvalue weighted by molar-refractivity contribution is 7.47. The van der Waals surface area contributed by atoms with E-state index in [-0.39, 0.29) is 32.0 Å². The van der Waals surface area contributed by atoms with E-state index in [1.165, 1.54) is 116 Å². The molecular weight excluding hydrogens is 966 g/mol. The van der Waals surface area contributed by atoms with Crippen molar-refractivity contribution >= 4 is 19.8 Å². The van der Waals surface area contributed by atoms with Crippen molar-refractivity contribution in [3.8, 4) is 0 Å². The minimum Gasteiger partial charge on any atom is -0.462 e. The average molecular weight is 1080 g/mol. The number of ether oxygens (including phenoxy) is 2. The first kappa shape index (κ1) is 72.7. The van der Waals surface area contributed by atoms with Gasteiger partial charge in [-0.15, -0.1) is 0 Å². The van der Waals surface area contributed by atoms with Crippen LogP contribution in [0.1, 0.15) is 245 Å². The van der Waals surface area contributed by atoms with Gasteiger partial charge in [-0.1, -0.05) is 239 Å². The van der Waals surface area contributed by atoms with Crippen LogP contribution in [0, 0.1) is 0 Å². The molecule has 0 fully saturated rings. The normalized spacial score (nSPS) is 14.0. The van der Waals surface area contributed by atoms with E-state index in [0.29, 0.717) is 17.4 Å². The molecular formula is C66H115NO8P+. The first-order chi connectivity index (χ1) is 37.0. The van der Waals surface area contributed by atoms with E-state index >= 15 is 0 Å². The number of quaternary nitrogens is 1. The minimum atomic E-state index is -4.40. The molecule has 0 saturated carbocycles. The van der Waals surface area contributed by atoms with Gasteiger partial charge in [0.2, 0.25) is 0 Å². The summed E-state index contributed by atoms with van der Waals surface area (Å²) in [7, 11) is 1.46. The summed E-state index contributed by atoms with van der Waals surface area (Å²) in [6.07, 6.45) is 78.7. The molecule has 0 aromatic heterocycles. The van der Waals surface area contributed by atoms with Crippen LogP contribution in [-0.4, -0.2) is 74.9 Å². The monoisotopic (exact) mass is 1080 g/mol. The number of esters is 2. The van der Waals surface area contributed by atoms with Crippen molar-refractivity contribution < 1.29 is 42.1 Å². The van der Waals surface area contributed by atoms with Crippen LogP contribution in [-0.2, 0) is 32.7 Å². The average Bonchev–Trinajstić information content (AvgIpc) is 3.38. The van der Waals surface area contributed by atoms with Crippen LogP contribution in [0.25, 0.3) is 0 Å². The van der Waals surface area contributed by atoms with Gasteiger partial charge in [-0.2, -0.15) is 0 Å². The molecule has 0 amide bonds. The number of hydrogen-bond donors (Lipinski definition) is 1. The number of carbonyl (C=O) groups excluding carboxylic acids is 2. The van der Waals surface area contributed by atoms with Crippen molar-refractivity contribution in [1.82, 2.24) is 0 Å². The molecule has 0 aliphatic rings. The zero-order chi connectivity index (χ0) is 55.6. The van der Waals surface area contributed by atoms with Crippen molar-refractivity contribution in [2.45, 2.75) is 251 Å². The van der Waals surface area contributed by atoms with Crippen LogP contribution >= 0.6 is 7.82 Å². The van der Waals surface area contributed by atoms with Crippen molar-refractivity contribution in [1.29, 1.82) is 0 Å². The van der Waals surface area contributed by atoms with E-state index < -0.39 is 26.5 Å². The molecule has 436 valence electrons. The first-order valence-electron chi connectivity index (χ1n) is 30.6. The Hall–Kier alpha value is -3.33. The number of carbonyl (C=O) groups is 2. The van der Waals surface area contributed by atoms with Gasteiger partial charge in [-0.05, 0) is 103 Å². The Kier molecular flexibility index (Phi) is 53.9. The largest absolute Gasteiger partial charge is 0.472 e. The second-order valence-corrected chi connectivity index (χ2v) is 22.8. The van der Waals surface area contributed by atoms with Crippen LogP contribution in [0.4, 0.5) is 0 Å². The molecule has 0 saturated heterocycles. The van der Waals surface area contributed by atoms with Crippen molar-refractivity contribution in [3.63, 3.8) is 0 Å². The Morgan fingerprint density at radius 2 is 0.750 bits per heavy atom. The molecule has 0 radical (unpaired) electrons. The van der Waals surface area contributed by atoms with E-state index in [0.717, 1.165) is 96.3 Å². The molecule has 1 N–H and O–H groups in total. The molecule has 76 heavy (non-hydrogen) atoms. The molecule has 0 aliphatic carbocycles. The lowest BCUT2D eigenvalue weighted by molar-refractivity contribution is -0.870. The molecule has 0 aliphatic heterocycles. The third-order valence-electron chi connectivity index (χ3n) is 12.8. The van der Waals surface area contributed by atoms with Gasteiger partial charge in [-0.25, -0.2) is 4.57 Å². The highest BCUT2D eigenvalue weighted by Gasteiger charge is 2.27. The number of likely N-dealkylation sites (N-methyl/N-ethyl adjacent to an activating group) is 1. The maximum Gasteiger partial charge on any atom is 0.472 e. The third kappa shape index (κ3) is 59.9. The topological polar surface area (TPSA) is 108 Å². The molecule has 2 atom stereocenters. The quantitative estimate of drug-likeness (QED) is 0.0211. The summed E-state index contributed by atoms with van der Waals surface area (Å²) in [6.45, 7) is 4.30. The van der Waals surface area contributed by atoms with Crippen LogP contribution < -0.4 is 0 Å². The van der Waals surface area contributed by atoms with E-state index in [9.17, 15) is 19.0 Å². The molecule has 0 aromatic rings. The van der Waals surface area contributed by atoms with Crippen LogP contribution in [0.3, 0.4) is 0 Å². The number of phosphoric acid groups is 1. The fourth-order valence-electron chi connectivity index (χ4n) is 8.08. The van der Waals surface area contributed by atoms with Gasteiger partial charge >= 0.3 is 19.8 Å². The maximum absolute atomic E-state index is 12.8. The fraction of sp³-hybridized carbons (Fsp3) is 0.697. The lowest BCUT2D eigenvalue weighted by Gasteiger charge is -2.24. The Labute approximate surface area is 467 Å². The molecule has 9 nitrogen and oxygen atoms in total. The van der Waals surface area contributed by atoms with E-state index in [1.807, 2.05) is 21.1 Å². The van der Waals surface area contributed by atoms with Gasteiger partial charge in [0.05, 0.1) is 27.7 Å². The Morgan fingerprint density at radius 3 is 1.12 bits per heavy atom. The van der Waals surface area contributed by atoms with Gasteiger partial charge in [0, 0.05) is 12.8 Å². The molecule has 0 rings (SSSR count). The highest BCUT2D eigenvalue weighted by atomic mass is 31.2. The summed E-state index contributed by atoms with van der Waals surface area (Å²) in [6, 6.07) is 0. The third-order valence-corrected chi connectivity index (χ3v) is 13.8. The summed E-state index contributed by atoms with van der Waals surface area (Å²) >= 11 is 0. The van der Waals surface area contributed by atoms with Crippen LogP contribution in [0.15, 0.2) is 109 Å². The van der Waals surface area contributed by atoms with Gasteiger partial charge in [-0.3, -0.25) is 18.6 Å². The number of rotatable bonds is 55. The minimum absolute atomic E-state index is 0.0236. The lowest BCUT2D eigenvalue weighted by Crippen LogP contribution is -2.37. The predicted octanol–water partition coefficient (Wildman–Crippen LogP) is 19.4. The molecule has 0 aromatic carbocycles. The SMILES string of the molecule is CC/C=C\C/C=C\C/C=C\C/C=C\C/C=C\C/C=C\C/C=C\CCCCCCCCCC(=O)OC(COC(=O)CCCCCCCCCCCCC/C=C\C/C=C\CCCCCCC)COP(=O)(O)OCC[N+](C)(C)C. The van der Waals surface area contributed by atoms with Crippen molar-refractivity contribution in [2.24, 2.45) is 0 Å². The number of phosphoric ester groups is 1. The second kappa shape index (κ2) is 56.4. The van der Waals surface area contributed by atoms with Crippen molar-refractivity contribution in [3.05, 3.63) is 109 Å². The number of nitrogens with zero attached hydrogens (tertiary/aromatic N) is 1. The van der Waals surface area contributed by atoms with Gasteiger partial charge in [0.25, 0.3) is 0 Å². The number of hydrogen-bond acceptors (Lipinski definition) is 7. The molecule has 0 heterocycles. The summed E-state index contributed by atoms with van der Waals surface area (Å²) in [4.78, 5) is 35.8. The second-order valence-electron chi connectivity index (χ2n) is 21.4. The number of unbranched alkanes of at least 4 members (excludes halogenated alkanes) is 23. The van der Waals surface area contributed by atoms with E-state index in [2.05, 4.69) is 123 Å². The van der Waals surface area contributed by atoms with Crippen LogP contribution in [0.5, 0.6) is 0 Å². The smallest absolute Gasteiger partial charge is 0.462 e. The van der Waals surface area contributed by atoms with Gasteiger partial charge in [0.1, 0.15) is 19.8 Å². The maximum atomic E-state index is 12.8. The predicted molar refractivity (Wildman–Crippen MR) is 325 cm³/mol.